The molecule has 0 saturated heterocycles. The Morgan fingerprint density at radius 2 is 2.00 bits per heavy atom. The maximum atomic E-state index is 12.2. The van der Waals surface area contributed by atoms with Crippen LogP contribution >= 0.6 is 0 Å². The number of carbonyl (C=O) groups excluding carboxylic acids is 1. The monoisotopic (exact) mass is 324 g/mol. The summed E-state index contributed by atoms with van der Waals surface area (Å²) in [7, 11) is 1.82. The lowest BCUT2D eigenvalue weighted by atomic mass is 10.1. The Labute approximate surface area is 140 Å². The molecule has 2 aromatic heterocycles. The predicted molar refractivity (Wildman–Crippen MR) is 93.0 cm³/mol. The van der Waals surface area contributed by atoms with Crippen LogP contribution in [0.2, 0.25) is 0 Å². The van der Waals surface area contributed by atoms with Crippen LogP contribution in [-0.2, 0) is 18.3 Å². The number of hydrogen-bond acceptors (Lipinski definition) is 5. The van der Waals surface area contributed by atoms with E-state index in [-0.39, 0.29) is 5.97 Å². The molecule has 0 atom stereocenters. The molecule has 6 nitrogen and oxygen atoms in total. The van der Waals surface area contributed by atoms with Gasteiger partial charge in [-0.15, -0.1) is 0 Å². The summed E-state index contributed by atoms with van der Waals surface area (Å²) in [4.78, 5) is 16.6. The molecule has 2 heterocycles. The molecule has 3 aromatic rings. The number of aryl methyl sites for hydroxylation is 2. The van der Waals surface area contributed by atoms with Crippen LogP contribution in [0.1, 0.15) is 28.4 Å². The molecule has 0 fully saturated rings. The molecule has 0 saturated carbocycles. The number of benzene rings is 1. The average Bonchev–Trinajstić information content (AvgIpc) is 2.96. The minimum absolute atomic E-state index is 0.321. The van der Waals surface area contributed by atoms with Crippen molar-refractivity contribution in [2.24, 2.45) is 7.05 Å². The molecule has 24 heavy (non-hydrogen) atoms. The number of fused-ring (bicyclic) bond motifs is 1. The molecule has 0 aliphatic heterocycles. The van der Waals surface area contributed by atoms with E-state index in [4.69, 9.17) is 4.74 Å². The first kappa shape index (κ1) is 16.0. The third-order valence-corrected chi connectivity index (χ3v) is 3.85. The highest BCUT2D eigenvalue weighted by atomic mass is 16.5. The normalized spacial score (nSPS) is 10.8. The lowest BCUT2D eigenvalue weighted by molar-refractivity contribution is 0.0527. The number of pyridine rings is 1. The van der Waals surface area contributed by atoms with Gasteiger partial charge in [0.2, 0.25) is 0 Å². The molecule has 0 aliphatic carbocycles. The number of carbonyl (C=O) groups is 1. The van der Waals surface area contributed by atoms with Gasteiger partial charge in [0.25, 0.3) is 0 Å². The van der Waals surface area contributed by atoms with E-state index in [1.54, 1.807) is 24.0 Å². The van der Waals surface area contributed by atoms with Crippen LogP contribution in [0.4, 0.5) is 5.69 Å². The van der Waals surface area contributed by atoms with Gasteiger partial charge in [-0.25, -0.2) is 9.78 Å². The van der Waals surface area contributed by atoms with Gasteiger partial charge in [0.15, 0.2) is 5.65 Å². The second-order valence-electron chi connectivity index (χ2n) is 5.61. The number of hydrogen-bond donors (Lipinski definition) is 1. The third kappa shape index (κ3) is 3.08. The molecule has 0 spiro atoms. The second kappa shape index (κ2) is 6.70. The third-order valence-electron chi connectivity index (χ3n) is 3.85. The lowest BCUT2D eigenvalue weighted by Gasteiger charge is -2.12. The predicted octanol–water partition coefficient (Wildman–Crippen LogP) is 3.07. The standard InChI is InChI=1S/C18H20N4O2/c1-4-24-18(23)15-10-20-17-14(11-21-22(17)3)16(15)19-9-13-7-5-12(2)6-8-13/h5-8,10-11H,4,9H2,1-3H3,(H,19,20). The maximum absolute atomic E-state index is 12.2. The van der Waals surface area contributed by atoms with Crippen LogP contribution < -0.4 is 5.32 Å². The molecule has 0 unspecified atom stereocenters. The van der Waals surface area contributed by atoms with E-state index in [0.717, 1.165) is 16.6 Å². The topological polar surface area (TPSA) is 69.0 Å². The summed E-state index contributed by atoms with van der Waals surface area (Å²) in [5.41, 5.74) is 4.18. The minimum Gasteiger partial charge on any atom is -0.462 e. The van der Waals surface area contributed by atoms with Gasteiger partial charge in [-0.2, -0.15) is 5.10 Å². The van der Waals surface area contributed by atoms with Gasteiger partial charge in [0.1, 0.15) is 5.56 Å². The molecule has 1 N–H and O–H groups in total. The van der Waals surface area contributed by atoms with Crippen LogP contribution in [0.5, 0.6) is 0 Å². The first-order valence-corrected chi connectivity index (χ1v) is 7.87. The molecule has 0 amide bonds. The van der Waals surface area contributed by atoms with E-state index >= 15 is 0 Å². The maximum Gasteiger partial charge on any atom is 0.341 e. The molecule has 6 heteroatoms. The summed E-state index contributed by atoms with van der Waals surface area (Å²) in [5.74, 6) is -0.387. The summed E-state index contributed by atoms with van der Waals surface area (Å²) in [6.45, 7) is 4.76. The van der Waals surface area contributed by atoms with E-state index < -0.39 is 0 Å². The molecular formula is C18H20N4O2. The smallest absolute Gasteiger partial charge is 0.341 e. The van der Waals surface area contributed by atoms with Crippen molar-refractivity contribution in [3.63, 3.8) is 0 Å². The van der Waals surface area contributed by atoms with Gasteiger partial charge < -0.3 is 10.1 Å². The Morgan fingerprint density at radius 3 is 2.71 bits per heavy atom. The van der Waals surface area contributed by atoms with Crippen molar-refractivity contribution in [2.75, 3.05) is 11.9 Å². The van der Waals surface area contributed by atoms with Crippen molar-refractivity contribution >= 4 is 22.7 Å². The average molecular weight is 324 g/mol. The van der Waals surface area contributed by atoms with Gasteiger partial charge in [-0.3, -0.25) is 4.68 Å². The van der Waals surface area contributed by atoms with Crippen LogP contribution in [0.15, 0.2) is 36.7 Å². The Bertz CT molecular complexity index is 869. The first-order valence-electron chi connectivity index (χ1n) is 7.87. The van der Waals surface area contributed by atoms with Gasteiger partial charge in [-0.05, 0) is 19.4 Å². The molecule has 1 aromatic carbocycles. The molecule has 124 valence electrons. The lowest BCUT2D eigenvalue weighted by Crippen LogP contribution is -2.11. The SMILES string of the molecule is CCOC(=O)c1cnc2c(cnn2C)c1NCc1ccc(C)cc1. The zero-order valence-corrected chi connectivity index (χ0v) is 14.0. The van der Waals surface area contributed by atoms with E-state index in [1.165, 1.54) is 5.56 Å². The fourth-order valence-corrected chi connectivity index (χ4v) is 2.55. The molecule has 0 radical (unpaired) electrons. The summed E-state index contributed by atoms with van der Waals surface area (Å²) in [6.07, 6.45) is 3.25. The fraction of sp³-hybridized carbons (Fsp3) is 0.278. The Morgan fingerprint density at radius 1 is 1.25 bits per heavy atom. The number of anilines is 1. The molecular weight excluding hydrogens is 304 g/mol. The van der Waals surface area contributed by atoms with Gasteiger partial charge in [-0.1, -0.05) is 29.8 Å². The van der Waals surface area contributed by atoms with E-state index in [9.17, 15) is 4.79 Å². The summed E-state index contributed by atoms with van der Waals surface area (Å²) >= 11 is 0. The highest BCUT2D eigenvalue weighted by Gasteiger charge is 2.18. The van der Waals surface area contributed by atoms with Crippen molar-refractivity contribution in [1.29, 1.82) is 0 Å². The summed E-state index contributed by atoms with van der Waals surface area (Å²) in [5, 5.41) is 8.38. The fourth-order valence-electron chi connectivity index (χ4n) is 2.55. The van der Waals surface area contributed by atoms with E-state index in [0.29, 0.717) is 24.4 Å². The number of nitrogens with one attached hydrogen (secondary N) is 1. The Hall–Kier alpha value is -2.89. The number of esters is 1. The highest BCUT2D eigenvalue weighted by molar-refractivity contribution is 6.04. The van der Waals surface area contributed by atoms with Crippen molar-refractivity contribution in [3.05, 3.63) is 53.3 Å². The number of rotatable bonds is 5. The van der Waals surface area contributed by atoms with Crippen molar-refractivity contribution in [1.82, 2.24) is 14.8 Å². The minimum atomic E-state index is -0.387. The Kier molecular flexibility index (Phi) is 4.46. The zero-order chi connectivity index (χ0) is 17.1. The summed E-state index contributed by atoms with van der Waals surface area (Å²) < 4.78 is 6.83. The van der Waals surface area contributed by atoms with Crippen LogP contribution in [0.25, 0.3) is 11.0 Å². The van der Waals surface area contributed by atoms with Gasteiger partial charge >= 0.3 is 5.97 Å². The van der Waals surface area contributed by atoms with Gasteiger partial charge in [0.05, 0.1) is 23.9 Å². The first-order chi connectivity index (χ1) is 11.6. The number of aromatic nitrogens is 3. The zero-order valence-electron chi connectivity index (χ0n) is 14.0. The van der Waals surface area contributed by atoms with Gasteiger partial charge in [0, 0.05) is 19.8 Å². The number of ether oxygens (including phenoxy) is 1. The Balaban J connectivity index is 1.97. The van der Waals surface area contributed by atoms with Crippen LogP contribution in [-0.4, -0.2) is 27.3 Å². The second-order valence-corrected chi connectivity index (χ2v) is 5.61. The number of nitrogens with zero attached hydrogens (tertiary/aromatic N) is 3. The molecule has 0 bridgehead atoms. The molecule has 0 aliphatic rings. The largest absolute Gasteiger partial charge is 0.462 e. The summed E-state index contributed by atoms with van der Waals surface area (Å²) in [6, 6.07) is 8.26. The van der Waals surface area contributed by atoms with Crippen molar-refractivity contribution in [2.45, 2.75) is 20.4 Å². The van der Waals surface area contributed by atoms with E-state index in [1.807, 2.05) is 7.05 Å². The van der Waals surface area contributed by atoms with Crippen LogP contribution in [0, 0.1) is 6.92 Å². The van der Waals surface area contributed by atoms with Crippen LogP contribution in [0.3, 0.4) is 0 Å². The van der Waals surface area contributed by atoms with Crippen molar-refractivity contribution in [3.8, 4) is 0 Å². The quantitative estimate of drug-likeness (QED) is 0.731. The highest BCUT2D eigenvalue weighted by Crippen LogP contribution is 2.27. The molecule has 3 rings (SSSR count). The van der Waals surface area contributed by atoms with E-state index in [2.05, 4.69) is 46.6 Å². The van der Waals surface area contributed by atoms with Crippen molar-refractivity contribution < 1.29 is 9.53 Å².